The highest BCUT2D eigenvalue weighted by Gasteiger charge is 2.13. The lowest BCUT2D eigenvalue weighted by Gasteiger charge is -2.26. The second kappa shape index (κ2) is 6.68. The summed E-state index contributed by atoms with van der Waals surface area (Å²) in [6, 6.07) is 1.83. The van der Waals surface area contributed by atoms with E-state index < -0.39 is 0 Å². The van der Waals surface area contributed by atoms with Gasteiger partial charge in [-0.05, 0) is 19.9 Å². The number of nitrogens with one attached hydrogen (secondary N) is 1. The Morgan fingerprint density at radius 3 is 2.84 bits per heavy atom. The predicted octanol–water partition coefficient (Wildman–Crippen LogP) is 0.273. The zero-order chi connectivity index (χ0) is 13.7. The van der Waals surface area contributed by atoms with Crippen molar-refractivity contribution in [1.29, 1.82) is 0 Å². The van der Waals surface area contributed by atoms with Gasteiger partial charge in [0.15, 0.2) is 0 Å². The average molecular weight is 266 g/mol. The molecule has 1 saturated heterocycles. The molecule has 1 N–H and O–H groups in total. The largest absolute Gasteiger partial charge is 0.379 e. The molecule has 2 heterocycles. The molecule has 0 radical (unpaired) electrons. The van der Waals surface area contributed by atoms with Crippen LogP contribution < -0.4 is 5.32 Å². The third-order valence-corrected chi connectivity index (χ3v) is 3.33. The molecule has 0 bridgehead atoms. The van der Waals surface area contributed by atoms with Gasteiger partial charge in [-0.3, -0.25) is 14.4 Å². The maximum atomic E-state index is 11.9. The summed E-state index contributed by atoms with van der Waals surface area (Å²) in [5, 5.41) is 7.18. The molecule has 6 heteroatoms. The van der Waals surface area contributed by atoms with Crippen molar-refractivity contribution in [2.75, 3.05) is 39.4 Å². The number of hydrogen-bond acceptors (Lipinski definition) is 4. The van der Waals surface area contributed by atoms with E-state index in [0.717, 1.165) is 45.1 Å². The third kappa shape index (κ3) is 3.78. The lowest BCUT2D eigenvalue weighted by atomic mass is 10.3. The smallest absolute Gasteiger partial charge is 0.271 e. The Balaban J connectivity index is 1.77. The van der Waals surface area contributed by atoms with Crippen molar-refractivity contribution < 1.29 is 9.53 Å². The monoisotopic (exact) mass is 266 g/mol. The van der Waals surface area contributed by atoms with Gasteiger partial charge in [0.2, 0.25) is 0 Å². The Bertz CT molecular complexity index is 424. The molecule has 1 fully saturated rings. The van der Waals surface area contributed by atoms with Crippen LogP contribution in [0.3, 0.4) is 0 Å². The van der Waals surface area contributed by atoms with Gasteiger partial charge in [0.05, 0.1) is 13.2 Å². The summed E-state index contributed by atoms with van der Waals surface area (Å²) >= 11 is 0. The molecule has 2 rings (SSSR count). The van der Waals surface area contributed by atoms with Gasteiger partial charge in [0, 0.05) is 38.4 Å². The number of aryl methyl sites for hydroxylation is 2. The number of carbonyl (C=O) groups is 1. The van der Waals surface area contributed by atoms with E-state index in [4.69, 9.17) is 4.74 Å². The van der Waals surface area contributed by atoms with E-state index in [2.05, 4.69) is 15.3 Å². The summed E-state index contributed by atoms with van der Waals surface area (Å²) in [7, 11) is 0. The lowest BCUT2D eigenvalue weighted by Crippen LogP contribution is -2.41. The van der Waals surface area contributed by atoms with E-state index >= 15 is 0 Å². The Labute approximate surface area is 113 Å². The minimum atomic E-state index is -0.0939. The summed E-state index contributed by atoms with van der Waals surface area (Å²) in [5.74, 6) is -0.0939. The number of aromatic nitrogens is 2. The van der Waals surface area contributed by atoms with Gasteiger partial charge in [0.1, 0.15) is 5.69 Å². The summed E-state index contributed by atoms with van der Waals surface area (Å²) in [5.41, 5.74) is 1.52. The molecule has 0 aromatic carbocycles. The quantitative estimate of drug-likeness (QED) is 0.831. The molecule has 1 aliphatic heterocycles. The van der Waals surface area contributed by atoms with E-state index in [1.165, 1.54) is 0 Å². The number of carbonyl (C=O) groups excluding carboxylic acids is 1. The van der Waals surface area contributed by atoms with Gasteiger partial charge in [-0.15, -0.1) is 0 Å². The van der Waals surface area contributed by atoms with E-state index in [-0.39, 0.29) is 5.91 Å². The second-order valence-corrected chi connectivity index (χ2v) is 4.70. The normalized spacial score (nSPS) is 16.5. The van der Waals surface area contributed by atoms with Gasteiger partial charge in [0.25, 0.3) is 5.91 Å². The highest BCUT2D eigenvalue weighted by molar-refractivity contribution is 5.92. The standard InChI is InChI=1S/C13H22N4O2/c1-3-17-11(2)10-12(15-17)13(18)14-4-5-16-6-8-19-9-7-16/h10H,3-9H2,1-2H3,(H,14,18). The van der Waals surface area contributed by atoms with Crippen LogP contribution in [0.15, 0.2) is 6.07 Å². The van der Waals surface area contributed by atoms with Gasteiger partial charge < -0.3 is 10.1 Å². The first kappa shape index (κ1) is 14.0. The van der Waals surface area contributed by atoms with E-state index in [1.54, 1.807) is 0 Å². The summed E-state index contributed by atoms with van der Waals surface area (Å²) < 4.78 is 7.11. The molecule has 106 valence electrons. The summed E-state index contributed by atoms with van der Waals surface area (Å²) in [4.78, 5) is 14.2. The molecular formula is C13H22N4O2. The first-order chi connectivity index (χ1) is 9.20. The zero-order valence-corrected chi connectivity index (χ0v) is 11.7. The van der Waals surface area contributed by atoms with Crippen LogP contribution in [0.25, 0.3) is 0 Å². The van der Waals surface area contributed by atoms with Crippen LogP contribution >= 0.6 is 0 Å². The zero-order valence-electron chi connectivity index (χ0n) is 11.7. The SMILES string of the molecule is CCn1nc(C(=O)NCCN2CCOCC2)cc1C. The molecule has 1 amide bonds. The van der Waals surface area contributed by atoms with Crippen LogP contribution in [0, 0.1) is 6.92 Å². The highest BCUT2D eigenvalue weighted by Crippen LogP contribution is 2.03. The maximum Gasteiger partial charge on any atom is 0.271 e. The molecule has 6 nitrogen and oxygen atoms in total. The van der Waals surface area contributed by atoms with Crippen molar-refractivity contribution in [1.82, 2.24) is 20.0 Å². The minimum Gasteiger partial charge on any atom is -0.379 e. The Hall–Kier alpha value is -1.40. The van der Waals surface area contributed by atoms with E-state index in [0.29, 0.717) is 12.2 Å². The Morgan fingerprint density at radius 1 is 1.47 bits per heavy atom. The fourth-order valence-electron chi connectivity index (χ4n) is 2.18. The fourth-order valence-corrected chi connectivity index (χ4v) is 2.18. The number of rotatable bonds is 5. The molecular weight excluding hydrogens is 244 g/mol. The summed E-state index contributed by atoms with van der Waals surface area (Å²) in [6.45, 7) is 9.73. The minimum absolute atomic E-state index is 0.0939. The van der Waals surface area contributed by atoms with Crippen molar-refractivity contribution >= 4 is 5.91 Å². The predicted molar refractivity (Wildman–Crippen MR) is 72.2 cm³/mol. The van der Waals surface area contributed by atoms with Crippen LogP contribution in [0.1, 0.15) is 23.1 Å². The molecule has 0 aliphatic carbocycles. The average Bonchev–Trinajstić information content (AvgIpc) is 2.81. The molecule has 0 atom stereocenters. The number of morpholine rings is 1. The molecule has 1 aromatic rings. The topological polar surface area (TPSA) is 59.4 Å². The van der Waals surface area contributed by atoms with E-state index in [1.807, 2.05) is 24.6 Å². The van der Waals surface area contributed by atoms with Crippen LogP contribution in [-0.2, 0) is 11.3 Å². The molecule has 19 heavy (non-hydrogen) atoms. The van der Waals surface area contributed by atoms with Crippen molar-refractivity contribution in [3.63, 3.8) is 0 Å². The van der Waals surface area contributed by atoms with Crippen molar-refractivity contribution in [2.45, 2.75) is 20.4 Å². The van der Waals surface area contributed by atoms with Gasteiger partial charge >= 0.3 is 0 Å². The van der Waals surface area contributed by atoms with Crippen LogP contribution in [-0.4, -0.2) is 60.0 Å². The number of hydrogen-bond donors (Lipinski definition) is 1. The van der Waals surface area contributed by atoms with Crippen molar-refractivity contribution in [2.24, 2.45) is 0 Å². The first-order valence-corrected chi connectivity index (χ1v) is 6.83. The summed E-state index contributed by atoms with van der Waals surface area (Å²) in [6.07, 6.45) is 0. The number of amides is 1. The fraction of sp³-hybridized carbons (Fsp3) is 0.692. The number of nitrogens with zero attached hydrogens (tertiary/aromatic N) is 3. The molecule has 1 aliphatic rings. The highest BCUT2D eigenvalue weighted by atomic mass is 16.5. The van der Waals surface area contributed by atoms with Crippen LogP contribution in [0.5, 0.6) is 0 Å². The maximum absolute atomic E-state index is 11.9. The van der Waals surface area contributed by atoms with Crippen molar-refractivity contribution in [3.8, 4) is 0 Å². The molecule has 0 unspecified atom stereocenters. The van der Waals surface area contributed by atoms with Gasteiger partial charge in [-0.1, -0.05) is 0 Å². The van der Waals surface area contributed by atoms with Gasteiger partial charge in [-0.2, -0.15) is 5.10 Å². The molecule has 1 aromatic heterocycles. The van der Waals surface area contributed by atoms with E-state index in [9.17, 15) is 4.79 Å². The van der Waals surface area contributed by atoms with Crippen molar-refractivity contribution in [3.05, 3.63) is 17.5 Å². The molecule has 0 spiro atoms. The lowest BCUT2D eigenvalue weighted by molar-refractivity contribution is 0.0383. The van der Waals surface area contributed by atoms with Crippen LogP contribution in [0.4, 0.5) is 0 Å². The Kier molecular flexibility index (Phi) is 4.93. The molecule has 0 saturated carbocycles. The number of ether oxygens (including phenoxy) is 1. The second-order valence-electron chi connectivity index (χ2n) is 4.70. The third-order valence-electron chi connectivity index (χ3n) is 3.33. The Morgan fingerprint density at radius 2 is 2.21 bits per heavy atom. The van der Waals surface area contributed by atoms with Crippen LogP contribution in [0.2, 0.25) is 0 Å². The van der Waals surface area contributed by atoms with Gasteiger partial charge in [-0.25, -0.2) is 0 Å². The first-order valence-electron chi connectivity index (χ1n) is 6.83.